The molecule has 0 unspecified atom stereocenters. The number of carbonyl (C=O) groups excluding carboxylic acids is 1. The molecule has 2 rings (SSSR count). The Morgan fingerprint density at radius 1 is 1.36 bits per heavy atom. The number of nitrogens with one attached hydrogen (secondary N) is 1. The second kappa shape index (κ2) is 8.97. The first-order valence-corrected chi connectivity index (χ1v) is 9.23. The number of aryl methyl sites for hydroxylation is 1. The van der Waals surface area contributed by atoms with Crippen molar-refractivity contribution in [2.75, 3.05) is 11.9 Å². The van der Waals surface area contributed by atoms with Gasteiger partial charge in [0.1, 0.15) is 16.8 Å². The van der Waals surface area contributed by atoms with Crippen molar-refractivity contribution in [2.45, 2.75) is 37.2 Å². The number of ether oxygens (including phenoxy) is 1. The van der Waals surface area contributed by atoms with Gasteiger partial charge in [-0.1, -0.05) is 11.8 Å². The molecule has 1 aromatic heterocycles. The van der Waals surface area contributed by atoms with Crippen molar-refractivity contribution in [2.24, 2.45) is 0 Å². The van der Waals surface area contributed by atoms with Gasteiger partial charge in [0.05, 0.1) is 23.0 Å². The highest BCUT2D eigenvalue weighted by Gasteiger charge is 2.36. The number of alkyl halides is 3. The third kappa shape index (κ3) is 5.39. The molecule has 2 aromatic rings. The van der Waals surface area contributed by atoms with Crippen molar-refractivity contribution in [1.82, 2.24) is 4.98 Å². The number of carbonyl (C=O) groups is 1. The molecule has 0 bridgehead atoms. The standard InChI is InChI=1S/C19H18F3N3O2S/c1-4-27-14-7-5-13(6-8-14)25-17(26)12(3)28-18-15(10-23)16(19(20,21)22)9-11(2)24-18/h5-9,12H,4H2,1-3H3,(H,25,26)/t12-/m1/s1. The first-order valence-electron chi connectivity index (χ1n) is 8.35. The summed E-state index contributed by atoms with van der Waals surface area (Å²) in [6.45, 7) is 5.32. The maximum absolute atomic E-state index is 13.2. The minimum absolute atomic E-state index is 0.118. The molecule has 0 aliphatic carbocycles. The van der Waals surface area contributed by atoms with Crippen LogP contribution in [0.25, 0.3) is 0 Å². The number of rotatable bonds is 6. The quantitative estimate of drug-likeness (QED) is 0.694. The number of hydrogen-bond donors (Lipinski definition) is 1. The molecule has 0 fully saturated rings. The molecule has 0 saturated carbocycles. The number of pyridine rings is 1. The van der Waals surface area contributed by atoms with Crippen molar-refractivity contribution in [1.29, 1.82) is 5.26 Å². The Bertz CT molecular complexity index is 893. The van der Waals surface area contributed by atoms with Gasteiger partial charge in [0.15, 0.2) is 0 Å². The molecule has 1 atom stereocenters. The summed E-state index contributed by atoms with van der Waals surface area (Å²) >= 11 is 0.808. The van der Waals surface area contributed by atoms with E-state index in [9.17, 15) is 23.2 Å². The number of hydrogen-bond acceptors (Lipinski definition) is 5. The van der Waals surface area contributed by atoms with Gasteiger partial charge < -0.3 is 10.1 Å². The SMILES string of the molecule is CCOc1ccc(NC(=O)[C@@H](C)Sc2nc(C)cc(C(F)(F)F)c2C#N)cc1. The summed E-state index contributed by atoms with van der Waals surface area (Å²) in [5.74, 6) is 0.236. The molecule has 1 aromatic carbocycles. The smallest absolute Gasteiger partial charge is 0.417 e. The number of benzene rings is 1. The molecular weight excluding hydrogens is 391 g/mol. The van der Waals surface area contributed by atoms with E-state index in [4.69, 9.17) is 4.74 Å². The predicted molar refractivity (Wildman–Crippen MR) is 100 cm³/mol. The third-order valence-electron chi connectivity index (χ3n) is 3.62. The van der Waals surface area contributed by atoms with Gasteiger partial charge in [0.25, 0.3) is 0 Å². The van der Waals surface area contributed by atoms with Crippen LogP contribution < -0.4 is 10.1 Å². The van der Waals surface area contributed by atoms with Crippen molar-refractivity contribution in [3.05, 3.63) is 47.2 Å². The van der Waals surface area contributed by atoms with Crippen LogP contribution in [-0.2, 0) is 11.0 Å². The number of nitrogens with zero attached hydrogens (tertiary/aromatic N) is 2. The summed E-state index contributed by atoms with van der Waals surface area (Å²) in [5, 5.41) is 11.0. The van der Waals surface area contributed by atoms with Crippen LogP contribution in [0.4, 0.5) is 18.9 Å². The lowest BCUT2D eigenvalue weighted by Gasteiger charge is -2.16. The Kier molecular flexibility index (Phi) is 6.91. The maximum Gasteiger partial charge on any atom is 0.417 e. The molecule has 1 amide bonds. The van der Waals surface area contributed by atoms with Gasteiger partial charge in [-0.05, 0) is 51.1 Å². The van der Waals surface area contributed by atoms with Crippen LogP contribution in [0.15, 0.2) is 35.4 Å². The highest BCUT2D eigenvalue weighted by molar-refractivity contribution is 8.00. The minimum atomic E-state index is -4.68. The van der Waals surface area contributed by atoms with Crippen LogP contribution in [0.5, 0.6) is 5.75 Å². The minimum Gasteiger partial charge on any atom is -0.494 e. The molecule has 9 heteroatoms. The van der Waals surface area contributed by atoms with Gasteiger partial charge in [0, 0.05) is 11.4 Å². The summed E-state index contributed by atoms with van der Waals surface area (Å²) in [4.78, 5) is 16.4. The highest BCUT2D eigenvalue weighted by Crippen LogP contribution is 2.37. The van der Waals surface area contributed by atoms with Gasteiger partial charge in [-0.2, -0.15) is 18.4 Å². The third-order valence-corrected chi connectivity index (χ3v) is 4.71. The molecule has 0 spiro atoms. The van der Waals surface area contributed by atoms with Crippen LogP contribution in [0.2, 0.25) is 0 Å². The van der Waals surface area contributed by atoms with Gasteiger partial charge in [-0.3, -0.25) is 4.79 Å². The molecule has 5 nitrogen and oxygen atoms in total. The first kappa shape index (κ1) is 21.6. The number of nitriles is 1. The van der Waals surface area contributed by atoms with E-state index in [0.29, 0.717) is 18.0 Å². The summed E-state index contributed by atoms with van der Waals surface area (Å²) in [7, 11) is 0. The second-order valence-corrected chi connectivity index (χ2v) is 7.14. The topological polar surface area (TPSA) is 75.0 Å². The zero-order valence-corrected chi connectivity index (χ0v) is 16.2. The van der Waals surface area contributed by atoms with E-state index in [0.717, 1.165) is 17.8 Å². The monoisotopic (exact) mass is 409 g/mol. The number of amides is 1. The number of thioether (sulfide) groups is 1. The summed E-state index contributed by atoms with van der Waals surface area (Å²) in [6, 6.07) is 9.10. The zero-order valence-electron chi connectivity index (χ0n) is 15.4. The van der Waals surface area contributed by atoms with E-state index in [1.807, 2.05) is 6.92 Å². The predicted octanol–water partition coefficient (Wildman–Crippen LogP) is 4.80. The largest absolute Gasteiger partial charge is 0.494 e. The highest BCUT2D eigenvalue weighted by atomic mass is 32.2. The van der Waals surface area contributed by atoms with Crippen LogP contribution in [0, 0.1) is 18.3 Å². The molecule has 0 aliphatic rings. The number of aromatic nitrogens is 1. The van der Waals surface area contributed by atoms with Crippen LogP contribution >= 0.6 is 11.8 Å². The summed E-state index contributed by atoms with van der Waals surface area (Å²) in [6.07, 6.45) is -4.68. The lowest BCUT2D eigenvalue weighted by atomic mass is 10.1. The Morgan fingerprint density at radius 2 is 2.00 bits per heavy atom. The molecule has 0 radical (unpaired) electrons. The normalized spacial score (nSPS) is 12.2. The van der Waals surface area contributed by atoms with Crippen molar-refractivity contribution >= 4 is 23.4 Å². The average Bonchev–Trinajstić information content (AvgIpc) is 2.62. The fourth-order valence-corrected chi connectivity index (χ4v) is 3.30. The van der Waals surface area contributed by atoms with Crippen LogP contribution in [0.3, 0.4) is 0 Å². The molecule has 28 heavy (non-hydrogen) atoms. The molecule has 1 N–H and O–H groups in total. The summed E-state index contributed by atoms with van der Waals surface area (Å²) < 4.78 is 44.9. The van der Waals surface area contributed by atoms with Gasteiger partial charge >= 0.3 is 6.18 Å². The van der Waals surface area contributed by atoms with E-state index >= 15 is 0 Å². The zero-order chi connectivity index (χ0) is 20.9. The van der Waals surface area contributed by atoms with Crippen molar-refractivity contribution in [3.63, 3.8) is 0 Å². The molecule has 148 valence electrons. The Labute approximate surface area is 164 Å². The van der Waals surface area contributed by atoms with E-state index in [1.54, 1.807) is 30.3 Å². The molecule has 0 aliphatic heterocycles. The number of anilines is 1. The van der Waals surface area contributed by atoms with Crippen LogP contribution in [-0.4, -0.2) is 22.7 Å². The molecular formula is C19H18F3N3O2S. The fraction of sp³-hybridized carbons (Fsp3) is 0.316. The fourth-order valence-electron chi connectivity index (χ4n) is 2.33. The summed E-state index contributed by atoms with van der Waals surface area (Å²) in [5.41, 5.74) is -0.990. The lowest BCUT2D eigenvalue weighted by Crippen LogP contribution is -2.23. The first-order chi connectivity index (χ1) is 13.2. The van der Waals surface area contributed by atoms with Crippen molar-refractivity contribution < 1.29 is 22.7 Å². The van der Waals surface area contributed by atoms with E-state index in [1.165, 1.54) is 13.8 Å². The van der Waals surface area contributed by atoms with Crippen molar-refractivity contribution in [3.8, 4) is 11.8 Å². The van der Waals surface area contributed by atoms with E-state index in [2.05, 4.69) is 10.3 Å². The van der Waals surface area contributed by atoms with Gasteiger partial charge in [-0.15, -0.1) is 0 Å². The van der Waals surface area contributed by atoms with Gasteiger partial charge in [-0.25, -0.2) is 4.98 Å². The maximum atomic E-state index is 13.2. The Balaban J connectivity index is 2.17. The van der Waals surface area contributed by atoms with E-state index in [-0.39, 0.29) is 10.7 Å². The average molecular weight is 409 g/mol. The molecule has 1 heterocycles. The second-order valence-electron chi connectivity index (χ2n) is 5.81. The number of halogens is 3. The Morgan fingerprint density at radius 3 is 2.54 bits per heavy atom. The van der Waals surface area contributed by atoms with Gasteiger partial charge in [0.2, 0.25) is 5.91 Å². The Hall–Kier alpha value is -2.73. The molecule has 0 saturated heterocycles. The lowest BCUT2D eigenvalue weighted by molar-refractivity contribution is -0.138. The van der Waals surface area contributed by atoms with E-state index < -0.39 is 28.5 Å². The van der Waals surface area contributed by atoms with Crippen LogP contribution in [0.1, 0.15) is 30.7 Å².